The quantitative estimate of drug-likeness (QED) is 0.702. The Kier molecular flexibility index (Phi) is 6.96. The SMILES string of the molecule is C=O.C[C@@H]1CN(c2cc3cc(OC4CCN(C5CCC5)CC4)ccc3s2)C[C@H](C)O1. The summed E-state index contributed by atoms with van der Waals surface area (Å²) in [6.45, 7) is 10.7. The minimum Gasteiger partial charge on any atom is -0.490 e. The van der Waals surface area contributed by atoms with E-state index in [-0.39, 0.29) is 0 Å². The number of benzene rings is 1. The van der Waals surface area contributed by atoms with E-state index in [2.05, 4.69) is 47.9 Å². The van der Waals surface area contributed by atoms with E-state index in [1.807, 2.05) is 18.1 Å². The summed E-state index contributed by atoms with van der Waals surface area (Å²) < 4.78 is 13.6. The fourth-order valence-corrected chi connectivity index (χ4v) is 5.96. The standard InChI is InChI=1S/C23H32N2O2S.CH2O/c1-16-14-25(15-17(2)26-16)23-13-18-12-21(6-7-22(18)28-23)27-20-8-10-24(11-9-20)19-4-3-5-19;1-2/h6-7,12-13,16-17,19-20H,3-5,8-11,14-15H2,1-2H3;1H2/t16-,17+;. The highest BCUT2D eigenvalue weighted by Crippen LogP contribution is 2.36. The van der Waals surface area contributed by atoms with E-state index in [9.17, 15) is 0 Å². The van der Waals surface area contributed by atoms with E-state index in [1.165, 1.54) is 47.4 Å². The molecule has 2 aliphatic heterocycles. The largest absolute Gasteiger partial charge is 0.490 e. The van der Waals surface area contributed by atoms with E-state index < -0.39 is 0 Å². The number of carbonyl (C=O) groups is 1. The molecule has 1 aromatic heterocycles. The predicted octanol–water partition coefficient (Wildman–Crippen LogP) is 4.73. The average Bonchev–Trinajstić information content (AvgIpc) is 3.12. The first kappa shape index (κ1) is 21.6. The number of rotatable bonds is 4. The van der Waals surface area contributed by atoms with Crippen molar-refractivity contribution >= 4 is 33.2 Å². The molecule has 1 saturated carbocycles. The van der Waals surface area contributed by atoms with Gasteiger partial charge in [-0.15, -0.1) is 11.3 Å². The number of fused-ring (bicyclic) bond motifs is 1. The molecule has 5 rings (SSSR count). The molecule has 2 atom stereocenters. The summed E-state index contributed by atoms with van der Waals surface area (Å²) in [7, 11) is 0. The van der Waals surface area contributed by atoms with Gasteiger partial charge in [-0.2, -0.15) is 0 Å². The average molecular weight is 431 g/mol. The Morgan fingerprint density at radius 3 is 2.37 bits per heavy atom. The summed E-state index contributed by atoms with van der Waals surface area (Å²) in [6, 6.07) is 9.82. The molecule has 0 bridgehead atoms. The molecular weight excluding hydrogens is 396 g/mol. The molecule has 0 N–H and O–H groups in total. The number of ether oxygens (including phenoxy) is 2. The first-order valence-corrected chi connectivity index (χ1v) is 12.1. The highest BCUT2D eigenvalue weighted by Gasteiger charge is 2.29. The Bertz CT molecular complexity index is 819. The molecule has 2 aromatic rings. The smallest absolute Gasteiger partial charge is 0.120 e. The lowest BCUT2D eigenvalue weighted by atomic mass is 9.90. The molecule has 3 aliphatic rings. The number of piperidine rings is 1. The summed E-state index contributed by atoms with van der Waals surface area (Å²) in [4.78, 5) is 13.2. The number of anilines is 1. The third-order valence-corrected chi connectivity index (χ3v) is 7.75. The number of hydrogen-bond donors (Lipinski definition) is 0. The Hall–Kier alpha value is -1.63. The molecule has 0 spiro atoms. The van der Waals surface area contributed by atoms with Crippen LogP contribution >= 0.6 is 11.3 Å². The van der Waals surface area contributed by atoms with E-state index in [0.717, 1.165) is 37.7 Å². The number of morpholine rings is 1. The van der Waals surface area contributed by atoms with Gasteiger partial charge in [0.05, 0.1) is 17.2 Å². The fourth-order valence-electron chi connectivity index (χ4n) is 4.90. The van der Waals surface area contributed by atoms with Crippen molar-refractivity contribution in [2.75, 3.05) is 31.1 Å². The van der Waals surface area contributed by atoms with Crippen LogP contribution in [0.2, 0.25) is 0 Å². The van der Waals surface area contributed by atoms with Gasteiger partial charge in [0.2, 0.25) is 0 Å². The topological polar surface area (TPSA) is 42.0 Å². The van der Waals surface area contributed by atoms with E-state index in [1.54, 1.807) is 0 Å². The minimum absolute atomic E-state index is 0.290. The molecule has 0 amide bonds. The van der Waals surface area contributed by atoms with Gasteiger partial charge in [-0.3, -0.25) is 0 Å². The maximum atomic E-state index is 8.00. The van der Waals surface area contributed by atoms with Crippen LogP contribution in [0.15, 0.2) is 24.3 Å². The van der Waals surface area contributed by atoms with Crippen LogP contribution in [0.4, 0.5) is 5.00 Å². The maximum absolute atomic E-state index is 8.00. The second-order valence-electron chi connectivity index (χ2n) is 8.88. The van der Waals surface area contributed by atoms with Gasteiger partial charge in [-0.25, -0.2) is 0 Å². The van der Waals surface area contributed by atoms with Crippen LogP contribution in [0.25, 0.3) is 10.1 Å². The lowest BCUT2D eigenvalue weighted by molar-refractivity contribution is -0.0980. The molecule has 0 radical (unpaired) electrons. The molecule has 3 heterocycles. The van der Waals surface area contributed by atoms with Crippen LogP contribution in [0.1, 0.15) is 46.0 Å². The predicted molar refractivity (Wildman–Crippen MR) is 124 cm³/mol. The van der Waals surface area contributed by atoms with Crippen molar-refractivity contribution in [1.82, 2.24) is 4.90 Å². The molecule has 1 aliphatic carbocycles. The van der Waals surface area contributed by atoms with Crippen molar-refractivity contribution in [2.45, 2.75) is 70.3 Å². The van der Waals surface area contributed by atoms with Gasteiger partial charge in [0, 0.05) is 36.9 Å². The molecule has 164 valence electrons. The van der Waals surface area contributed by atoms with E-state index in [0.29, 0.717) is 18.3 Å². The van der Waals surface area contributed by atoms with Gasteiger partial charge in [0.15, 0.2) is 0 Å². The monoisotopic (exact) mass is 430 g/mol. The molecule has 3 fully saturated rings. The van der Waals surface area contributed by atoms with Crippen LogP contribution in [0.5, 0.6) is 5.75 Å². The number of likely N-dealkylation sites (tertiary alicyclic amines) is 1. The number of hydrogen-bond acceptors (Lipinski definition) is 6. The highest BCUT2D eigenvalue weighted by molar-refractivity contribution is 7.22. The van der Waals surface area contributed by atoms with Crippen LogP contribution in [-0.4, -0.2) is 62.2 Å². The molecule has 1 aromatic carbocycles. The molecule has 6 heteroatoms. The lowest BCUT2D eigenvalue weighted by Crippen LogP contribution is -2.46. The van der Waals surface area contributed by atoms with Gasteiger partial charge in [0.25, 0.3) is 0 Å². The first-order valence-electron chi connectivity index (χ1n) is 11.3. The van der Waals surface area contributed by atoms with Gasteiger partial charge < -0.3 is 24.1 Å². The van der Waals surface area contributed by atoms with Crippen LogP contribution < -0.4 is 9.64 Å². The van der Waals surface area contributed by atoms with E-state index in [4.69, 9.17) is 14.3 Å². The summed E-state index contributed by atoms with van der Waals surface area (Å²) in [6.07, 6.45) is 7.50. The third kappa shape index (κ3) is 4.82. The molecule has 30 heavy (non-hydrogen) atoms. The number of nitrogens with zero attached hydrogens (tertiary/aromatic N) is 2. The summed E-state index contributed by atoms with van der Waals surface area (Å²) >= 11 is 1.88. The van der Waals surface area contributed by atoms with Crippen molar-refractivity contribution in [1.29, 1.82) is 0 Å². The van der Waals surface area contributed by atoms with Gasteiger partial charge in [0.1, 0.15) is 18.6 Å². The van der Waals surface area contributed by atoms with Crippen molar-refractivity contribution in [3.63, 3.8) is 0 Å². The Morgan fingerprint density at radius 2 is 1.73 bits per heavy atom. The van der Waals surface area contributed by atoms with Crippen molar-refractivity contribution in [3.05, 3.63) is 24.3 Å². The van der Waals surface area contributed by atoms with Gasteiger partial charge >= 0.3 is 0 Å². The van der Waals surface area contributed by atoms with Crippen LogP contribution in [0.3, 0.4) is 0 Å². The van der Waals surface area contributed by atoms with Crippen molar-refractivity contribution < 1.29 is 14.3 Å². The summed E-state index contributed by atoms with van der Waals surface area (Å²) in [5, 5.41) is 2.65. The summed E-state index contributed by atoms with van der Waals surface area (Å²) in [5.74, 6) is 1.03. The van der Waals surface area contributed by atoms with Gasteiger partial charge in [-0.05, 0) is 69.2 Å². The van der Waals surface area contributed by atoms with Crippen molar-refractivity contribution in [2.24, 2.45) is 0 Å². The molecule has 2 saturated heterocycles. The second kappa shape index (κ2) is 9.67. The first-order chi connectivity index (χ1) is 14.6. The van der Waals surface area contributed by atoms with Crippen LogP contribution in [-0.2, 0) is 9.53 Å². The second-order valence-corrected chi connectivity index (χ2v) is 9.95. The van der Waals surface area contributed by atoms with Gasteiger partial charge in [-0.1, -0.05) is 6.42 Å². The van der Waals surface area contributed by atoms with Crippen molar-refractivity contribution in [3.8, 4) is 5.75 Å². The lowest BCUT2D eigenvalue weighted by Gasteiger charge is -2.41. The fraction of sp³-hybridized carbons (Fsp3) is 0.625. The highest BCUT2D eigenvalue weighted by atomic mass is 32.1. The van der Waals surface area contributed by atoms with Crippen LogP contribution in [0, 0.1) is 0 Å². The Balaban J connectivity index is 0.00000106. The summed E-state index contributed by atoms with van der Waals surface area (Å²) in [5.41, 5.74) is 0. The molecule has 5 nitrogen and oxygen atoms in total. The third-order valence-electron chi connectivity index (χ3n) is 6.58. The van der Waals surface area contributed by atoms with E-state index >= 15 is 0 Å². The maximum Gasteiger partial charge on any atom is 0.120 e. The zero-order valence-corrected chi connectivity index (χ0v) is 19.0. The Labute approximate surface area is 183 Å². The Morgan fingerprint density at radius 1 is 1.03 bits per heavy atom. The molecular formula is C24H34N2O3S. The number of carbonyl (C=O) groups excluding carboxylic acids is 1. The number of thiophene rings is 1. The zero-order chi connectivity index (χ0) is 21.1. The normalized spacial score (nSPS) is 26.1. The minimum atomic E-state index is 0.290. The zero-order valence-electron chi connectivity index (χ0n) is 18.2. The molecule has 0 unspecified atom stereocenters.